The van der Waals surface area contributed by atoms with Crippen LogP contribution in [0.2, 0.25) is 0 Å². The molecule has 0 fully saturated rings. The summed E-state index contributed by atoms with van der Waals surface area (Å²) in [6, 6.07) is 14.4. The van der Waals surface area contributed by atoms with Crippen LogP contribution in [0.15, 0.2) is 48.7 Å². The Balaban J connectivity index is 1.95. The number of aromatic nitrogens is 1. The topological polar surface area (TPSA) is 42.2 Å². The highest BCUT2D eigenvalue weighted by Gasteiger charge is 2.08. The van der Waals surface area contributed by atoms with E-state index in [0.29, 0.717) is 4.99 Å². The number of thiocarbonyl (C=S) groups is 1. The van der Waals surface area contributed by atoms with E-state index in [1.807, 2.05) is 18.2 Å². The lowest BCUT2D eigenvalue weighted by Gasteiger charge is -2.18. The minimum atomic E-state index is 0.358. The first-order chi connectivity index (χ1) is 9.66. The van der Waals surface area contributed by atoms with Crippen molar-refractivity contribution in [2.45, 2.75) is 13.0 Å². The average Bonchev–Trinajstić information content (AvgIpc) is 2.46. The predicted octanol–water partition coefficient (Wildman–Crippen LogP) is 2.39. The smallest absolute Gasteiger partial charge is 0.123 e. The van der Waals surface area contributed by atoms with Gasteiger partial charge in [-0.3, -0.25) is 4.98 Å². The second kappa shape index (κ2) is 7.12. The molecule has 104 valence electrons. The SMILES string of the molecule is CN(CCc1ccccc1)Cc1cccnc1C(N)=S. The Morgan fingerprint density at radius 2 is 1.95 bits per heavy atom. The van der Waals surface area contributed by atoms with Gasteiger partial charge in [-0.05, 0) is 30.7 Å². The zero-order valence-electron chi connectivity index (χ0n) is 11.6. The van der Waals surface area contributed by atoms with Gasteiger partial charge in [0.25, 0.3) is 0 Å². The number of benzene rings is 1. The summed E-state index contributed by atoms with van der Waals surface area (Å²) in [5, 5.41) is 0. The molecule has 4 heteroatoms. The summed E-state index contributed by atoms with van der Waals surface area (Å²) in [5.41, 5.74) is 8.86. The molecule has 0 amide bonds. The Hall–Kier alpha value is -1.78. The van der Waals surface area contributed by atoms with Gasteiger partial charge in [-0.1, -0.05) is 48.6 Å². The minimum absolute atomic E-state index is 0.358. The van der Waals surface area contributed by atoms with E-state index in [1.54, 1.807) is 6.20 Å². The second-order valence-electron chi connectivity index (χ2n) is 4.85. The molecular weight excluding hydrogens is 266 g/mol. The third-order valence-electron chi connectivity index (χ3n) is 3.19. The van der Waals surface area contributed by atoms with Gasteiger partial charge in [-0.2, -0.15) is 0 Å². The molecule has 0 radical (unpaired) electrons. The van der Waals surface area contributed by atoms with Crippen molar-refractivity contribution in [3.05, 3.63) is 65.5 Å². The van der Waals surface area contributed by atoms with Crippen molar-refractivity contribution in [3.63, 3.8) is 0 Å². The van der Waals surface area contributed by atoms with Crippen LogP contribution in [0.5, 0.6) is 0 Å². The quantitative estimate of drug-likeness (QED) is 0.828. The molecule has 0 bridgehead atoms. The number of likely N-dealkylation sites (N-methyl/N-ethyl adjacent to an activating group) is 1. The molecule has 0 atom stereocenters. The second-order valence-corrected chi connectivity index (χ2v) is 5.29. The van der Waals surface area contributed by atoms with Crippen molar-refractivity contribution in [1.82, 2.24) is 9.88 Å². The van der Waals surface area contributed by atoms with Crippen LogP contribution in [0.1, 0.15) is 16.8 Å². The highest BCUT2D eigenvalue weighted by atomic mass is 32.1. The van der Waals surface area contributed by atoms with Crippen LogP contribution in [-0.4, -0.2) is 28.5 Å². The molecule has 20 heavy (non-hydrogen) atoms. The summed E-state index contributed by atoms with van der Waals surface area (Å²) >= 11 is 5.04. The maximum atomic E-state index is 5.71. The monoisotopic (exact) mass is 285 g/mol. The lowest BCUT2D eigenvalue weighted by atomic mass is 10.1. The van der Waals surface area contributed by atoms with E-state index >= 15 is 0 Å². The van der Waals surface area contributed by atoms with E-state index in [1.165, 1.54) is 5.56 Å². The first-order valence-electron chi connectivity index (χ1n) is 6.63. The fourth-order valence-corrected chi connectivity index (χ4v) is 2.31. The molecule has 0 aliphatic carbocycles. The Labute approximate surface area is 125 Å². The Morgan fingerprint density at radius 3 is 2.65 bits per heavy atom. The van der Waals surface area contributed by atoms with Gasteiger partial charge in [-0.25, -0.2) is 0 Å². The zero-order valence-corrected chi connectivity index (χ0v) is 12.4. The minimum Gasteiger partial charge on any atom is -0.388 e. The average molecular weight is 285 g/mol. The number of hydrogen-bond acceptors (Lipinski definition) is 3. The highest BCUT2D eigenvalue weighted by Crippen LogP contribution is 2.09. The molecule has 2 aromatic rings. The van der Waals surface area contributed by atoms with Crippen LogP contribution < -0.4 is 5.73 Å². The first kappa shape index (κ1) is 14.6. The van der Waals surface area contributed by atoms with Crippen molar-refractivity contribution in [2.75, 3.05) is 13.6 Å². The summed E-state index contributed by atoms with van der Waals surface area (Å²) in [6.45, 7) is 1.78. The third-order valence-corrected chi connectivity index (χ3v) is 3.38. The highest BCUT2D eigenvalue weighted by molar-refractivity contribution is 7.80. The Bertz CT molecular complexity index is 569. The van der Waals surface area contributed by atoms with Gasteiger partial charge in [0.05, 0.1) is 0 Å². The fourth-order valence-electron chi connectivity index (χ4n) is 2.12. The van der Waals surface area contributed by atoms with E-state index < -0.39 is 0 Å². The number of hydrogen-bond donors (Lipinski definition) is 1. The van der Waals surface area contributed by atoms with Gasteiger partial charge >= 0.3 is 0 Å². The van der Waals surface area contributed by atoms with Crippen molar-refractivity contribution in [3.8, 4) is 0 Å². The van der Waals surface area contributed by atoms with Gasteiger partial charge in [0, 0.05) is 19.3 Å². The van der Waals surface area contributed by atoms with E-state index in [-0.39, 0.29) is 0 Å². The maximum absolute atomic E-state index is 5.71. The summed E-state index contributed by atoms with van der Waals surface area (Å²) in [5.74, 6) is 0. The molecule has 0 saturated heterocycles. The van der Waals surface area contributed by atoms with Crippen molar-refractivity contribution in [1.29, 1.82) is 0 Å². The lowest BCUT2D eigenvalue weighted by molar-refractivity contribution is 0.330. The Morgan fingerprint density at radius 1 is 1.20 bits per heavy atom. The van der Waals surface area contributed by atoms with Crippen LogP contribution in [0.4, 0.5) is 0 Å². The molecule has 0 unspecified atom stereocenters. The van der Waals surface area contributed by atoms with Crippen molar-refractivity contribution in [2.24, 2.45) is 5.73 Å². The van der Waals surface area contributed by atoms with Gasteiger partial charge in [0.2, 0.25) is 0 Å². The molecule has 0 aliphatic rings. The van der Waals surface area contributed by atoms with Crippen LogP contribution in [0, 0.1) is 0 Å². The molecule has 1 heterocycles. The number of nitrogens with zero attached hydrogens (tertiary/aromatic N) is 2. The van der Waals surface area contributed by atoms with E-state index in [0.717, 1.165) is 30.8 Å². The normalized spacial score (nSPS) is 10.7. The molecule has 0 aliphatic heterocycles. The molecule has 3 nitrogen and oxygen atoms in total. The molecule has 1 aromatic heterocycles. The first-order valence-corrected chi connectivity index (χ1v) is 7.04. The molecule has 0 saturated carbocycles. The van der Waals surface area contributed by atoms with Gasteiger partial charge in [0.15, 0.2) is 0 Å². The van der Waals surface area contributed by atoms with Crippen LogP contribution >= 0.6 is 12.2 Å². The van der Waals surface area contributed by atoms with E-state index in [9.17, 15) is 0 Å². The van der Waals surface area contributed by atoms with E-state index in [4.69, 9.17) is 18.0 Å². The standard InChI is InChI=1S/C16H19N3S/c1-19(11-9-13-6-3-2-4-7-13)12-14-8-5-10-18-15(14)16(17)20/h2-8,10H,9,11-12H2,1H3,(H2,17,20). The van der Waals surface area contributed by atoms with Crippen LogP contribution in [0.25, 0.3) is 0 Å². The predicted molar refractivity (Wildman–Crippen MR) is 86.6 cm³/mol. The zero-order chi connectivity index (χ0) is 14.4. The van der Waals surface area contributed by atoms with Crippen molar-refractivity contribution < 1.29 is 0 Å². The molecule has 0 spiro atoms. The summed E-state index contributed by atoms with van der Waals surface area (Å²) in [7, 11) is 2.10. The Kier molecular flexibility index (Phi) is 5.21. The van der Waals surface area contributed by atoms with Gasteiger partial charge in [0.1, 0.15) is 10.7 Å². The van der Waals surface area contributed by atoms with Gasteiger partial charge in [-0.15, -0.1) is 0 Å². The third kappa shape index (κ3) is 4.11. The number of nitrogens with two attached hydrogens (primary N) is 1. The van der Waals surface area contributed by atoms with Crippen molar-refractivity contribution >= 4 is 17.2 Å². The number of rotatable bonds is 6. The molecular formula is C16H19N3S. The fraction of sp³-hybridized carbons (Fsp3) is 0.250. The summed E-state index contributed by atoms with van der Waals surface area (Å²) in [6.07, 6.45) is 2.75. The lowest BCUT2D eigenvalue weighted by Crippen LogP contribution is -2.23. The summed E-state index contributed by atoms with van der Waals surface area (Å²) in [4.78, 5) is 6.87. The molecule has 1 aromatic carbocycles. The van der Waals surface area contributed by atoms with Crippen LogP contribution in [0.3, 0.4) is 0 Å². The molecule has 2 N–H and O–H groups in total. The maximum Gasteiger partial charge on any atom is 0.123 e. The summed E-state index contributed by atoms with van der Waals surface area (Å²) < 4.78 is 0. The van der Waals surface area contributed by atoms with Crippen LogP contribution in [-0.2, 0) is 13.0 Å². The number of pyridine rings is 1. The largest absolute Gasteiger partial charge is 0.388 e. The molecule has 2 rings (SSSR count). The van der Waals surface area contributed by atoms with E-state index in [2.05, 4.69) is 41.2 Å². The van der Waals surface area contributed by atoms with Gasteiger partial charge < -0.3 is 10.6 Å².